The number of thioether (sulfide) groups is 3. The number of hydrogen-bond donors (Lipinski definition) is 0. The number of halogens is 5. The Morgan fingerprint density at radius 1 is 0.567 bits per heavy atom. The van der Waals surface area contributed by atoms with Gasteiger partial charge in [-0.1, -0.05) is 58.5 Å². The molecule has 3 aromatic carbocycles. The SMILES string of the molecule is Fc1ccc(SC(=C/C(Cl)=C(\Cl)Sc2ccc(F)cc2)Sc2ccc(F)cc2)cc1. The molecule has 0 unspecified atom stereocenters. The summed E-state index contributed by atoms with van der Waals surface area (Å²) in [6, 6.07) is 18.0. The highest BCUT2D eigenvalue weighted by molar-refractivity contribution is 8.22. The molecule has 0 saturated heterocycles. The largest absolute Gasteiger partial charge is 0.207 e. The Balaban J connectivity index is 1.85. The molecule has 0 saturated carbocycles. The van der Waals surface area contributed by atoms with E-state index in [0.29, 0.717) is 9.40 Å². The van der Waals surface area contributed by atoms with Gasteiger partial charge in [-0.15, -0.1) is 0 Å². The summed E-state index contributed by atoms with van der Waals surface area (Å²) in [7, 11) is 0. The first-order valence-corrected chi connectivity index (χ1v) is 11.7. The number of hydrogen-bond acceptors (Lipinski definition) is 3. The second-order valence-electron chi connectivity index (χ2n) is 5.75. The molecule has 0 radical (unpaired) electrons. The van der Waals surface area contributed by atoms with Gasteiger partial charge in [-0.2, -0.15) is 0 Å². The van der Waals surface area contributed by atoms with Crippen molar-refractivity contribution in [1.29, 1.82) is 0 Å². The van der Waals surface area contributed by atoms with E-state index in [-0.39, 0.29) is 17.5 Å². The van der Waals surface area contributed by atoms with Gasteiger partial charge >= 0.3 is 0 Å². The lowest BCUT2D eigenvalue weighted by atomic mass is 10.4. The molecule has 0 N–H and O–H groups in total. The highest BCUT2D eigenvalue weighted by Gasteiger charge is 2.09. The third kappa shape index (κ3) is 7.36. The molecular weight excluding hydrogens is 488 g/mol. The van der Waals surface area contributed by atoms with E-state index >= 15 is 0 Å². The average Bonchev–Trinajstić information content (AvgIpc) is 2.73. The van der Waals surface area contributed by atoms with Crippen LogP contribution in [0.3, 0.4) is 0 Å². The zero-order valence-electron chi connectivity index (χ0n) is 15.1. The predicted octanol–water partition coefficient (Wildman–Crippen LogP) is 9.27. The van der Waals surface area contributed by atoms with Gasteiger partial charge in [-0.3, -0.25) is 0 Å². The molecule has 30 heavy (non-hydrogen) atoms. The Bertz CT molecular complexity index is 999. The molecule has 3 aromatic rings. The molecule has 0 aliphatic rings. The van der Waals surface area contributed by atoms with Gasteiger partial charge in [-0.25, -0.2) is 13.2 Å². The van der Waals surface area contributed by atoms with Crippen molar-refractivity contribution in [2.75, 3.05) is 0 Å². The Hall–Kier alpha value is -1.44. The Kier molecular flexibility index (Phi) is 8.72. The second-order valence-corrected chi connectivity index (χ2v) is 10.3. The highest BCUT2D eigenvalue weighted by atomic mass is 35.5. The summed E-state index contributed by atoms with van der Waals surface area (Å²) in [5.41, 5.74) is 0. The van der Waals surface area contributed by atoms with E-state index in [1.165, 1.54) is 71.7 Å². The molecule has 0 atom stereocenters. The summed E-state index contributed by atoms with van der Waals surface area (Å²) < 4.78 is 40.6. The van der Waals surface area contributed by atoms with Crippen LogP contribution < -0.4 is 0 Å². The molecule has 0 aliphatic heterocycles. The van der Waals surface area contributed by atoms with E-state index < -0.39 is 0 Å². The molecule has 0 aliphatic carbocycles. The summed E-state index contributed by atoms with van der Waals surface area (Å²) in [4.78, 5) is 2.36. The van der Waals surface area contributed by atoms with Crippen molar-refractivity contribution in [3.8, 4) is 0 Å². The Morgan fingerprint density at radius 2 is 0.900 bits per heavy atom. The fourth-order valence-corrected chi connectivity index (χ4v) is 5.55. The minimum atomic E-state index is -0.334. The van der Waals surface area contributed by atoms with Gasteiger partial charge in [0.05, 0.1) is 13.6 Å². The van der Waals surface area contributed by atoms with Crippen molar-refractivity contribution >= 4 is 58.5 Å². The lowest BCUT2D eigenvalue weighted by molar-refractivity contribution is 0.626. The smallest absolute Gasteiger partial charge is 0.123 e. The van der Waals surface area contributed by atoms with E-state index in [0.717, 1.165) is 18.9 Å². The van der Waals surface area contributed by atoms with Crippen molar-refractivity contribution in [2.45, 2.75) is 14.7 Å². The number of benzene rings is 3. The fraction of sp³-hybridized carbons (Fsp3) is 0. The van der Waals surface area contributed by atoms with Crippen LogP contribution in [0.15, 0.2) is 107 Å². The lowest BCUT2D eigenvalue weighted by Gasteiger charge is -2.08. The van der Waals surface area contributed by atoms with Crippen LogP contribution in [0.1, 0.15) is 0 Å². The first-order valence-electron chi connectivity index (χ1n) is 8.46. The maximum absolute atomic E-state index is 13.2. The van der Waals surface area contributed by atoms with E-state index in [1.807, 2.05) is 0 Å². The van der Waals surface area contributed by atoms with Gasteiger partial charge in [0, 0.05) is 14.7 Å². The zero-order valence-corrected chi connectivity index (χ0v) is 19.1. The summed E-state index contributed by atoms with van der Waals surface area (Å²) >= 11 is 16.7. The van der Waals surface area contributed by atoms with E-state index in [2.05, 4.69) is 0 Å². The van der Waals surface area contributed by atoms with Crippen molar-refractivity contribution in [1.82, 2.24) is 0 Å². The van der Waals surface area contributed by atoms with Crippen LogP contribution in [0.2, 0.25) is 0 Å². The van der Waals surface area contributed by atoms with Gasteiger partial charge in [-0.05, 0) is 78.9 Å². The maximum Gasteiger partial charge on any atom is 0.123 e. The average molecular weight is 501 g/mol. The van der Waals surface area contributed by atoms with Crippen molar-refractivity contribution < 1.29 is 13.2 Å². The molecule has 154 valence electrons. The Morgan fingerprint density at radius 3 is 1.27 bits per heavy atom. The summed E-state index contributed by atoms with van der Waals surface area (Å²) in [6.07, 6.45) is 1.70. The third-order valence-electron chi connectivity index (χ3n) is 3.52. The van der Waals surface area contributed by atoms with Crippen molar-refractivity contribution in [3.05, 3.63) is 110 Å². The predicted molar refractivity (Wildman–Crippen MR) is 124 cm³/mol. The summed E-state index contributed by atoms with van der Waals surface area (Å²) in [6.45, 7) is 0. The van der Waals surface area contributed by atoms with Gasteiger partial charge in [0.2, 0.25) is 0 Å². The lowest BCUT2D eigenvalue weighted by Crippen LogP contribution is -1.80. The molecule has 0 nitrogen and oxygen atoms in total. The molecule has 0 spiro atoms. The fourth-order valence-electron chi connectivity index (χ4n) is 2.13. The third-order valence-corrected chi connectivity index (χ3v) is 7.52. The summed E-state index contributed by atoms with van der Waals surface area (Å²) in [5, 5.41) is 0.296. The minimum absolute atomic E-state index is 0.296. The topological polar surface area (TPSA) is 0 Å². The normalized spacial score (nSPS) is 11.8. The number of allylic oxidation sites excluding steroid dienone is 2. The van der Waals surface area contributed by atoms with E-state index in [4.69, 9.17) is 23.2 Å². The van der Waals surface area contributed by atoms with Crippen LogP contribution in [0, 0.1) is 17.5 Å². The van der Waals surface area contributed by atoms with E-state index in [1.54, 1.807) is 42.5 Å². The molecule has 0 aromatic heterocycles. The quantitative estimate of drug-likeness (QED) is 0.234. The molecule has 0 fully saturated rings. The monoisotopic (exact) mass is 500 g/mol. The number of rotatable bonds is 7. The van der Waals surface area contributed by atoms with Gasteiger partial charge in [0.25, 0.3) is 0 Å². The molecule has 0 amide bonds. The maximum atomic E-state index is 13.2. The standard InChI is InChI=1S/C22H13Cl2F3S3/c23-20(22(24)30-19-11-5-16(27)6-12-19)13-21(28-17-7-1-14(25)2-8-17)29-18-9-3-15(26)4-10-18/h1-13H/b22-20-. The van der Waals surface area contributed by atoms with Crippen molar-refractivity contribution in [3.63, 3.8) is 0 Å². The molecule has 0 bridgehead atoms. The van der Waals surface area contributed by atoms with Crippen LogP contribution in [-0.4, -0.2) is 0 Å². The minimum Gasteiger partial charge on any atom is -0.207 e. The first-order chi connectivity index (χ1) is 14.4. The molecule has 0 heterocycles. The second kappa shape index (κ2) is 11.3. The van der Waals surface area contributed by atoms with Crippen LogP contribution in [-0.2, 0) is 0 Å². The van der Waals surface area contributed by atoms with Crippen LogP contribution >= 0.6 is 58.5 Å². The van der Waals surface area contributed by atoms with E-state index in [9.17, 15) is 13.2 Å². The zero-order chi connectivity index (χ0) is 21.5. The molecule has 8 heteroatoms. The molecular formula is C22H13Cl2F3S3. The van der Waals surface area contributed by atoms with Crippen LogP contribution in [0.25, 0.3) is 0 Å². The van der Waals surface area contributed by atoms with Crippen LogP contribution in [0.5, 0.6) is 0 Å². The van der Waals surface area contributed by atoms with Gasteiger partial charge in [0.1, 0.15) is 17.5 Å². The molecule has 3 rings (SSSR count). The van der Waals surface area contributed by atoms with Crippen molar-refractivity contribution in [2.24, 2.45) is 0 Å². The van der Waals surface area contributed by atoms with Gasteiger partial charge in [0.15, 0.2) is 0 Å². The highest BCUT2D eigenvalue weighted by Crippen LogP contribution is 2.42. The van der Waals surface area contributed by atoms with Gasteiger partial charge < -0.3 is 0 Å². The van der Waals surface area contributed by atoms with Crippen LogP contribution in [0.4, 0.5) is 13.2 Å². The summed E-state index contributed by atoms with van der Waals surface area (Å²) in [5.74, 6) is -0.986. The Labute approximate surface area is 195 Å². The first kappa shape index (κ1) is 23.2.